The van der Waals surface area contributed by atoms with Crippen LogP contribution < -0.4 is 9.47 Å². The van der Waals surface area contributed by atoms with E-state index in [1.165, 1.54) is 5.56 Å². The van der Waals surface area contributed by atoms with Crippen molar-refractivity contribution in [3.63, 3.8) is 0 Å². The predicted octanol–water partition coefficient (Wildman–Crippen LogP) is 2.44. The molecule has 4 nitrogen and oxygen atoms in total. The number of ether oxygens (including phenoxy) is 3. The molecule has 3 atom stereocenters. The van der Waals surface area contributed by atoms with Gasteiger partial charge < -0.3 is 14.2 Å². The van der Waals surface area contributed by atoms with Crippen LogP contribution in [0.1, 0.15) is 25.5 Å². The van der Waals surface area contributed by atoms with Crippen LogP contribution in [0, 0.1) is 0 Å². The Morgan fingerprint density at radius 2 is 1.83 bits per heavy atom. The molecule has 3 unspecified atom stereocenters. The second-order valence-electron chi connectivity index (χ2n) is 4.69. The summed E-state index contributed by atoms with van der Waals surface area (Å²) in [6.07, 6.45) is 0.561. The van der Waals surface area contributed by atoms with Crippen LogP contribution in [-0.2, 0) is 4.74 Å². The zero-order valence-electron chi connectivity index (χ0n) is 11.6. The normalized spacial score (nSPS) is 23.9. The van der Waals surface area contributed by atoms with Crippen molar-refractivity contribution in [3.8, 4) is 11.5 Å². The molecule has 1 aliphatic rings. The summed E-state index contributed by atoms with van der Waals surface area (Å²) >= 11 is 0. The molecular weight excluding hydrogens is 230 g/mol. The fourth-order valence-corrected chi connectivity index (χ4v) is 2.17. The second-order valence-corrected chi connectivity index (χ2v) is 4.69. The van der Waals surface area contributed by atoms with Gasteiger partial charge in [0.1, 0.15) is 6.23 Å². The molecule has 0 amide bonds. The van der Waals surface area contributed by atoms with E-state index < -0.39 is 0 Å². The van der Waals surface area contributed by atoms with E-state index >= 15 is 0 Å². The summed E-state index contributed by atoms with van der Waals surface area (Å²) in [5.74, 6) is 1.52. The van der Waals surface area contributed by atoms with E-state index in [9.17, 15) is 0 Å². The number of rotatable bonds is 5. The molecule has 1 aromatic carbocycles. The van der Waals surface area contributed by atoms with Gasteiger partial charge in [-0.25, -0.2) is 0 Å². The molecule has 0 spiro atoms. The first-order valence-electron chi connectivity index (χ1n) is 6.17. The molecule has 0 radical (unpaired) electrons. The van der Waals surface area contributed by atoms with Gasteiger partial charge >= 0.3 is 0 Å². The van der Waals surface area contributed by atoms with E-state index in [0.717, 1.165) is 11.5 Å². The molecule has 18 heavy (non-hydrogen) atoms. The molecule has 1 aliphatic heterocycles. The van der Waals surface area contributed by atoms with Gasteiger partial charge in [-0.3, -0.25) is 4.90 Å². The van der Waals surface area contributed by atoms with E-state index in [1.54, 1.807) is 14.2 Å². The van der Waals surface area contributed by atoms with Crippen molar-refractivity contribution in [2.24, 2.45) is 0 Å². The van der Waals surface area contributed by atoms with Crippen LogP contribution >= 0.6 is 0 Å². The first-order chi connectivity index (χ1) is 8.58. The summed E-state index contributed by atoms with van der Waals surface area (Å²) in [6.45, 7) is 4.25. The highest BCUT2D eigenvalue weighted by molar-refractivity contribution is 5.43. The Morgan fingerprint density at radius 3 is 2.33 bits per heavy atom. The summed E-state index contributed by atoms with van der Waals surface area (Å²) in [5.41, 5.74) is 1.19. The third kappa shape index (κ3) is 2.44. The summed E-state index contributed by atoms with van der Waals surface area (Å²) in [4.78, 5) is 2.23. The molecule has 1 fully saturated rings. The highest BCUT2D eigenvalue weighted by Crippen LogP contribution is 2.35. The number of benzene rings is 1. The number of epoxide rings is 1. The van der Waals surface area contributed by atoms with Gasteiger partial charge in [0.2, 0.25) is 0 Å². The summed E-state index contributed by atoms with van der Waals surface area (Å²) in [7, 11) is 5.38. The lowest BCUT2D eigenvalue weighted by Gasteiger charge is -2.24. The molecule has 1 heterocycles. The van der Waals surface area contributed by atoms with E-state index in [-0.39, 0.29) is 12.3 Å². The quantitative estimate of drug-likeness (QED) is 0.753. The summed E-state index contributed by atoms with van der Waals surface area (Å²) < 4.78 is 16.1. The molecule has 1 saturated heterocycles. The Labute approximate surface area is 108 Å². The molecule has 100 valence electrons. The standard InChI is InChI=1S/C14H21NO3/c1-9(15(3)14-10(2)18-14)11-6-7-12(16-4)13(8-11)17-5/h6-10,14H,1-5H3. The lowest BCUT2D eigenvalue weighted by atomic mass is 10.1. The predicted molar refractivity (Wildman–Crippen MR) is 70.1 cm³/mol. The lowest BCUT2D eigenvalue weighted by Crippen LogP contribution is -2.26. The SMILES string of the molecule is COc1ccc(C(C)N(C)C2OC2C)cc1OC. The van der Waals surface area contributed by atoms with Crippen LogP contribution in [0.15, 0.2) is 18.2 Å². The maximum absolute atomic E-state index is 5.49. The van der Waals surface area contributed by atoms with Gasteiger partial charge in [0.15, 0.2) is 11.5 Å². The molecule has 0 bridgehead atoms. The van der Waals surface area contributed by atoms with E-state index in [1.807, 2.05) is 12.1 Å². The Hall–Kier alpha value is -1.26. The molecule has 1 aromatic rings. The van der Waals surface area contributed by atoms with Crippen molar-refractivity contribution in [2.45, 2.75) is 32.2 Å². The summed E-state index contributed by atoms with van der Waals surface area (Å²) in [5, 5.41) is 0. The number of methoxy groups -OCH3 is 2. The number of likely N-dealkylation sites (N-methyl/N-ethyl adjacent to an activating group) is 1. The van der Waals surface area contributed by atoms with Crippen molar-refractivity contribution in [3.05, 3.63) is 23.8 Å². The van der Waals surface area contributed by atoms with Crippen molar-refractivity contribution >= 4 is 0 Å². The van der Waals surface area contributed by atoms with E-state index in [2.05, 4.69) is 31.9 Å². The fourth-order valence-electron chi connectivity index (χ4n) is 2.17. The van der Waals surface area contributed by atoms with Crippen LogP contribution in [-0.4, -0.2) is 38.5 Å². The van der Waals surface area contributed by atoms with Gasteiger partial charge in [-0.2, -0.15) is 0 Å². The van der Waals surface area contributed by atoms with E-state index in [0.29, 0.717) is 6.10 Å². The molecule has 0 saturated carbocycles. The van der Waals surface area contributed by atoms with Crippen LogP contribution in [0.5, 0.6) is 11.5 Å². The topological polar surface area (TPSA) is 34.2 Å². The van der Waals surface area contributed by atoms with Crippen molar-refractivity contribution in [1.82, 2.24) is 4.90 Å². The molecule has 0 N–H and O–H groups in total. The average Bonchev–Trinajstić information content (AvgIpc) is 3.13. The van der Waals surface area contributed by atoms with Crippen molar-refractivity contribution < 1.29 is 14.2 Å². The zero-order valence-corrected chi connectivity index (χ0v) is 11.6. The second kappa shape index (κ2) is 5.16. The van der Waals surface area contributed by atoms with Crippen LogP contribution in [0.4, 0.5) is 0 Å². The minimum atomic E-state index is 0.230. The molecule has 2 rings (SSSR count). The van der Waals surface area contributed by atoms with Crippen LogP contribution in [0.3, 0.4) is 0 Å². The number of hydrogen-bond acceptors (Lipinski definition) is 4. The van der Waals surface area contributed by atoms with E-state index in [4.69, 9.17) is 14.2 Å². The van der Waals surface area contributed by atoms with Gasteiger partial charge in [0.25, 0.3) is 0 Å². The third-order valence-corrected chi connectivity index (χ3v) is 3.58. The first kappa shape index (κ1) is 13.2. The minimum Gasteiger partial charge on any atom is -0.493 e. The first-order valence-corrected chi connectivity index (χ1v) is 6.17. The number of hydrogen-bond donors (Lipinski definition) is 0. The van der Waals surface area contributed by atoms with Crippen LogP contribution in [0.25, 0.3) is 0 Å². The van der Waals surface area contributed by atoms with Crippen molar-refractivity contribution in [2.75, 3.05) is 21.3 Å². The van der Waals surface area contributed by atoms with Gasteiger partial charge in [0, 0.05) is 6.04 Å². The zero-order chi connectivity index (χ0) is 13.3. The fraction of sp³-hybridized carbons (Fsp3) is 0.571. The lowest BCUT2D eigenvalue weighted by molar-refractivity contribution is 0.166. The maximum Gasteiger partial charge on any atom is 0.161 e. The van der Waals surface area contributed by atoms with Gasteiger partial charge in [-0.15, -0.1) is 0 Å². The van der Waals surface area contributed by atoms with Gasteiger partial charge in [0.05, 0.1) is 20.3 Å². The molecule has 0 aromatic heterocycles. The Balaban J connectivity index is 2.17. The monoisotopic (exact) mass is 251 g/mol. The highest BCUT2D eigenvalue weighted by atomic mass is 16.6. The van der Waals surface area contributed by atoms with Gasteiger partial charge in [-0.05, 0) is 38.6 Å². The van der Waals surface area contributed by atoms with Gasteiger partial charge in [-0.1, -0.05) is 6.07 Å². The largest absolute Gasteiger partial charge is 0.493 e. The third-order valence-electron chi connectivity index (χ3n) is 3.58. The molecule has 4 heteroatoms. The Kier molecular flexibility index (Phi) is 3.78. The highest BCUT2D eigenvalue weighted by Gasteiger charge is 2.40. The van der Waals surface area contributed by atoms with Crippen LogP contribution in [0.2, 0.25) is 0 Å². The molecule has 0 aliphatic carbocycles. The Morgan fingerprint density at radius 1 is 1.22 bits per heavy atom. The summed E-state index contributed by atoms with van der Waals surface area (Å²) in [6, 6.07) is 6.30. The smallest absolute Gasteiger partial charge is 0.161 e. The molecular formula is C14H21NO3. The van der Waals surface area contributed by atoms with Crippen molar-refractivity contribution in [1.29, 1.82) is 0 Å². The minimum absolute atomic E-state index is 0.230. The number of nitrogens with zero attached hydrogens (tertiary/aromatic N) is 1. The average molecular weight is 251 g/mol. The maximum atomic E-state index is 5.49. The Bertz CT molecular complexity index is 422.